The van der Waals surface area contributed by atoms with Crippen LogP contribution in [0.1, 0.15) is 0 Å². The van der Waals surface area contributed by atoms with Gasteiger partial charge in [0.15, 0.2) is 0 Å². The van der Waals surface area contributed by atoms with Crippen molar-refractivity contribution in [2.24, 2.45) is 0 Å². The van der Waals surface area contributed by atoms with Gasteiger partial charge in [-0.2, -0.15) is 0 Å². The van der Waals surface area contributed by atoms with Gasteiger partial charge in [-0.25, -0.2) is 0 Å². The third-order valence-corrected chi connectivity index (χ3v) is 4.20. The van der Waals surface area contributed by atoms with Crippen LogP contribution in [0.3, 0.4) is 0 Å². The van der Waals surface area contributed by atoms with E-state index in [1.54, 1.807) is 0 Å². The summed E-state index contributed by atoms with van der Waals surface area (Å²) in [5.41, 5.74) is -0.512. The number of nitrogens with zero attached hydrogens (tertiary/aromatic N) is 1. The molecule has 0 bridgehead atoms. The van der Waals surface area contributed by atoms with Crippen molar-refractivity contribution in [3.8, 4) is 0 Å². The Morgan fingerprint density at radius 2 is 2.00 bits per heavy atom. The number of carboxylic acid groups (broad SMARTS) is 1. The number of carbonyl (C=O) groups excluding carboxylic acids is 1. The maximum Gasteiger partial charge on any atom is 0.286 e. The van der Waals surface area contributed by atoms with Gasteiger partial charge in [0.05, 0.1) is 38.2 Å². The lowest BCUT2D eigenvalue weighted by Gasteiger charge is -2.05. The van der Waals surface area contributed by atoms with Crippen molar-refractivity contribution in [1.82, 2.24) is 0 Å². The quantitative estimate of drug-likeness (QED) is 0.517. The number of hydrogen-bond acceptors (Lipinski definition) is 6. The predicted octanol–water partition coefficient (Wildman–Crippen LogP) is -0.810. The predicted molar refractivity (Wildman–Crippen MR) is 61.7 cm³/mol. The van der Waals surface area contributed by atoms with Crippen molar-refractivity contribution in [2.75, 3.05) is 12.0 Å². The molecular formula is C9H8NO6S2-. The third-order valence-electron chi connectivity index (χ3n) is 1.95. The monoisotopic (exact) mass is 290 g/mol. The molecule has 98 valence electrons. The average molecular weight is 290 g/mol. The molecule has 0 amide bonds. The van der Waals surface area contributed by atoms with Gasteiger partial charge in [0.25, 0.3) is 5.69 Å². The fraction of sp³-hybridized carbons (Fsp3) is 0.222. The van der Waals surface area contributed by atoms with Crippen LogP contribution in [0.25, 0.3) is 0 Å². The zero-order chi connectivity index (χ0) is 13.9. The van der Waals surface area contributed by atoms with E-state index in [9.17, 15) is 28.4 Å². The van der Waals surface area contributed by atoms with E-state index < -0.39 is 43.9 Å². The highest BCUT2D eigenvalue weighted by molar-refractivity contribution is 7.86. The molecule has 0 aliphatic carbocycles. The number of rotatable bonds is 5. The van der Waals surface area contributed by atoms with Crippen LogP contribution in [0.5, 0.6) is 0 Å². The first kappa shape index (κ1) is 14.5. The molecule has 1 rings (SSSR count). The van der Waals surface area contributed by atoms with Gasteiger partial charge in [-0.15, -0.1) is 0 Å². The summed E-state index contributed by atoms with van der Waals surface area (Å²) in [4.78, 5) is 20.3. The van der Waals surface area contributed by atoms with E-state index >= 15 is 0 Å². The fourth-order valence-corrected chi connectivity index (χ4v) is 2.69. The summed E-state index contributed by atoms with van der Waals surface area (Å²) in [5.74, 6) is -2.39. The van der Waals surface area contributed by atoms with Gasteiger partial charge in [0.2, 0.25) is 0 Å². The highest BCUT2D eigenvalue weighted by Crippen LogP contribution is 2.25. The van der Waals surface area contributed by atoms with Crippen LogP contribution in [-0.4, -0.2) is 31.3 Å². The Bertz CT molecular complexity index is 556. The van der Waals surface area contributed by atoms with Gasteiger partial charge >= 0.3 is 0 Å². The molecule has 1 aromatic carbocycles. The molecule has 0 radical (unpaired) electrons. The first-order chi connectivity index (χ1) is 8.32. The summed E-state index contributed by atoms with van der Waals surface area (Å²) >= 11 is 0. The van der Waals surface area contributed by atoms with E-state index in [0.717, 1.165) is 12.1 Å². The van der Waals surface area contributed by atoms with Gasteiger partial charge in [-0.1, -0.05) is 0 Å². The molecule has 0 aliphatic rings. The van der Waals surface area contributed by atoms with Crippen LogP contribution in [0.15, 0.2) is 28.0 Å². The van der Waals surface area contributed by atoms with E-state index in [-0.39, 0.29) is 9.79 Å². The van der Waals surface area contributed by atoms with E-state index in [0.29, 0.717) is 0 Å². The van der Waals surface area contributed by atoms with E-state index in [1.807, 2.05) is 0 Å². The first-order valence-corrected chi connectivity index (χ1v) is 7.40. The lowest BCUT2D eigenvalue weighted by Crippen LogP contribution is -2.28. The van der Waals surface area contributed by atoms with Gasteiger partial charge in [0, 0.05) is 17.2 Å². The Hall–Kier alpha value is -1.61. The summed E-state index contributed by atoms with van der Waals surface area (Å²) < 4.78 is 22.8. The number of hydrogen-bond donors (Lipinski definition) is 0. The molecule has 0 unspecified atom stereocenters. The molecule has 0 fully saturated rings. The molecule has 0 heterocycles. The minimum Gasteiger partial charge on any atom is -0.549 e. The Morgan fingerprint density at radius 3 is 2.44 bits per heavy atom. The number of carbonyl (C=O) groups is 1. The van der Waals surface area contributed by atoms with Crippen molar-refractivity contribution < 1.29 is 23.2 Å². The lowest BCUT2D eigenvalue weighted by atomic mass is 10.3. The number of aliphatic carboxylic acids is 1. The molecule has 7 nitrogen and oxygen atoms in total. The Kier molecular flexibility index (Phi) is 4.68. The van der Waals surface area contributed by atoms with Crippen molar-refractivity contribution in [3.63, 3.8) is 0 Å². The first-order valence-electron chi connectivity index (χ1n) is 4.53. The van der Waals surface area contributed by atoms with Crippen LogP contribution in [0.4, 0.5) is 5.69 Å². The summed E-state index contributed by atoms with van der Waals surface area (Å²) in [7, 11) is -3.49. The highest BCUT2D eigenvalue weighted by Gasteiger charge is 2.20. The largest absolute Gasteiger partial charge is 0.549 e. The van der Waals surface area contributed by atoms with Crippen LogP contribution in [0, 0.1) is 10.1 Å². The molecule has 0 aromatic heterocycles. The molecule has 1 aromatic rings. The second-order valence-electron chi connectivity index (χ2n) is 3.20. The summed E-state index contributed by atoms with van der Waals surface area (Å²) in [6.45, 7) is 0. The van der Waals surface area contributed by atoms with E-state index in [4.69, 9.17) is 0 Å². The van der Waals surface area contributed by atoms with Gasteiger partial charge in [-0.05, 0) is 12.1 Å². The summed E-state index contributed by atoms with van der Waals surface area (Å²) in [6.07, 6.45) is 1.34. The lowest BCUT2D eigenvalue weighted by molar-refractivity contribution is -0.388. The summed E-state index contributed by atoms with van der Waals surface area (Å²) in [6, 6.07) is 3.48. The smallest absolute Gasteiger partial charge is 0.286 e. The second kappa shape index (κ2) is 5.83. The molecule has 0 saturated carbocycles. The maximum atomic E-state index is 11.6. The molecule has 0 saturated heterocycles. The minimum atomic E-state index is -2.07. The third kappa shape index (κ3) is 3.44. The molecule has 0 spiro atoms. The van der Waals surface area contributed by atoms with Gasteiger partial charge in [-0.3, -0.25) is 18.5 Å². The minimum absolute atomic E-state index is 0.205. The van der Waals surface area contributed by atoms with Crippen LogP contribution in [0.2, 0.25) is 0 Å². The van der Waals surface area contributed by atoms with E-state index in [2.05, 4.69) is 0 Å². The van der Waals surface area contributed by atoms with Crippen LogP contribution in [-0.2, 0) is 26.4 Å². The molecule has 18 heavy (non-hydrogen) atoms. The van der Waals surface area contributed by atoms with Gasteiger partial charge < -0.3 is 9.90 Å². The zero-order valence-electron chi connectivity index (χ0n) is 9.15. The van der Waals surface area contributed by atoms with Gasteiger partial charge in [0.1, 0.15) is 4.90 Å². The highest BCUT2D eigenvalue weighted by atomic mass is 32.2. The maximum absolute atomic E-state index is 11.6. The zero-order valence-corrected chi connectivity index (χ0v) is 10.8. The molecular weight excluding hydrogens is 282 g/mol. The van der Waals surface area contributed by atoms with Crippen molar-refractivity contribution in [2.45, 2.75) is 9.79 Å². The van der Waals surface area contributed by atoms with Crippen molar-refractivity contribution in [3.05, 3.63) is 28.3 Å². The van der Waals surface area contributed by atoms with E-state index in [1.165, 1.54) is 12.3 Å². The topological polar surface area (TPSA) is 117 Å². The number of carboxylic acids is 1. The van der Waals surface area contributed by atoms with Crippen LogP contribution < -0.4 is 5.11 Å². The molecule has 2 atom stereocenters. The molecule has 9 heteroatoms. The average Bonchev–Trinajstić information content (AvgIpc) is 2.26. The Morgan fingerprint density at radius 1 is 1.39 bits per heavy atom. The Labute approximate surface area is 107 Å². The van der Waals surface area contributed by atoms with Crippen molar-refractivity contribution in [1.29, 1.82) is 0 Å². The molecule has 0 aliphatic heterocycles. The number of benzene rings is 1. The van der Waals surface area contributed by atoms with Crippen LogP contribution >= 0.6 is 0 Å². The normalized spacial score (nSPS) is 13.8. The summed E-state index contributed by atoms with van der Waals surface area (Å²) in [5, 5.41) is 21.1. The second-order valence-corrected chi connectivity index (χ2v) is 6.00. The molecule has 0 N–H and O–H groups in total. The standard InChI is InChI=1S/C9H9NO6S2/c1-17(15)6-2-3-8(7(4-6)10(13)14)18(16)5-9(11)12/h2-4H,5H2,1H3,(H,11,12)/p-1/t17-,18-/m0/s1. The SMILES string of the molecule is C[S@](=O)c1ccc([S@@](=O)CC(=O)[O-])c([N+](=O)[O-])c1. The number of nitro groups is 1. The Balaban J connectivity index is 3.27. The number of nitro benzene ring substituents is 1. The fourth-order valence-electron chi connectivity index (χ4n) is 1.20. The van der Waals surface area contributed by atoms with Crippen molar-refractivity contribution >= 4 is 33.3 Å².